The number of nitrogens with two attached hydrogens (primary N) is 2. The summed E-state index contributed by atoms with van der Waals surface area (Å²) in [5.41, 5.74) is 11.4. The van der Waals surface area contributed by atoms with Gasteiger partial charge in [0.15, 0.2) is 22.9 Å². The molecule has 0 aromatic carbocycles. The normalized spacial score (nSPS) is 24.0. The minimum absolute atomic E-state index is 0.0468. The Labute approximate surface area is 267 Å². The maximum Gasteiger partial charge on any atom is 0.407 e. The van der Waals surface area contributed by atoms with Crippen molar-refractivity contribution < 1.29 is 80.5 Å². The Bertz CT molecular complexity index is 1680. The molecule has 3 heterocycles. The molecule has 0 bridgehead atoms. The van der Waals surface area contributed by atoms with Gasteiger partial charge in [0, 0.05) is 19.5 Å². The van der Waals surface area contributed by atoms with E-state index in [1.807, 2.05) is 0 Å². The number of imidazole rings is 1. The third kappa shape index (κ3) is 11.3. The van der Waals surface area contributed by atoms with E-state index in [1.165, 1.54) is 0 Å². The summed E-state index contributed by atoms with van der Waals surface area (Å²) in [6.07, 6.45) is -7.45. The lowest BCUT2D eigenvalue weighted by Crippen LogP contribution is -2.45. The van der Waals surface area contributed by atoms with Crippen LogP contribution in [0, 0.1) is 4.64 Å². The van der Waals surface area contributed by atoms with E-state index in [2.05, 4.69) is 38.7 Å². The summed E-state index contributed by atoms with van der Waals surface area (Å²) >= 11 is 5.11. The zero-order valence-electron chi connectivity index (χ0n) is 23.3. The largest absolute Gasteiger partial charge is 0.756 e. The van der Waals surface area contributed by atoms with Crippen LogP contribution in [0.1, 0.15) is 19.1 Å². The first-order valence-corrected chi connectivity index (χ1v) is 17.5. The Hall–Kier alpha value is -2.93. The summed E-state index contributed by atoms with van der Waals surface area (Å²) in [7, 11) is -18.2. The molecule has 0 radical (unpaired) electrons. The molecule has 1 fully saturated rings. The first-order chi connectivity index (χ1) is 21.7. The van der Waals surface area contributed by atoms with Crippen molar-refractivity contribution in [1.82, 2.24) is 30.2 Å². The van der Waals surface area contributed by atoms with Crippen LogP contribution in [0.25, 0.3) is 11.2 Å². The fourth-order valence-corrected chi connectivity index (χ4v) is 7.01. The number of ether oxygens (including phenoxy) is 2. The number of aliphatic carboxylic acids is 1. The number of alkyl carbamates (subject to hydrolysis) is 1. The number of anilines is 1. The van der Waals surface area contributed by atoms with E-state index < -0.39 is 78.6 Å². The molecule has 1 saturated heterocycles. The zero-order valence-corrected chi connectivity index (χ0v) is 26.8. The number of rotatable bonds is 16. The minimum atomic E-state index is -6.22. The summed E-state index contributed by atoms with van der Waals surface area (Å²) in [5, 5.41) is 24.2. The van der Waals surface area contributed by atoms with Crippen molar-refractivity contribution in [2.75, 3.05) is 25.4 Å². The van der Waals surface area contributed by atoms with Gasteiger partial charge < -0.3 is 70.9 Å². The molecule has 29 heteroatoms. The van der Waals surface area contributed by atoms with Gasteiger partial charge in [-0.25, -0.2) is 23.4 Å². The van der Waals surface area contributed by atoms with Gasteiger partial charge in [-0.05, 0) is 6.42 Å². The number of hydrogen-bond acceptors (Lipinski definition) is 20. The number of hydrogen-bond donors (Lipinski definition) is 8. The number of nitrogens with zero attached hydrogens (tertiary/aromatic N) is 3. The number of fused-ring (bicyclic) bond motifs is 1. The number of phosphoric acid groups is 3. The van der Waals surface area contributed by atoms with Crippen molar-refractivity contribution in [2.45, 2.75) is 43.4 Å². The van der Waals surface area contributed by atoms with Crippen LogP contribution < -0.4 is 36.8 Å². The monoisotopic (exact) mass is 751 g/mol. The lowest BCUT2D eigenvalue weighted by atomic mass is 10.1. The highest BCUT2D eigenvalue weighted by Gasteiger charge is 2.48. The highest BCUT2D eigenvalue weighted by molar-refractivity contribution is 7.71. The topological polar surface area (TPSA) is 401 Å². The number of carboxylic acid groups (broad SMARTS) is 1. The van der Waals surface area contributed by atoms with Gasteiger partial charge in [-0.3, -0.25) is 27.9 Å². The SMILES string of the molecule is Nc1nc(=S)c2ncn([C@@H]3O[C@H](COP(=O)([O-])OP(=O)([O-])OP(=O)([O-])O)C(O)[C@@H]3OC(=O)NCCNC(=O)C(N)CCC(=O)O)c2[nH]1. The fourth-order valence-electron chi connectivity index (χ4n) is 3.86. The average molecular weight is 751 g/mol. The summed E-state index contributed by atoms with van der Waals surface area (Å²) < 4.78 is 57.3. The number of nitrogens with one attached hydrogen (secondary N) is 3. The fraction of sp³-hybridized carbons (Fsp3) is 0.556. The second-order valence-electron chi connectivity index (χ2n) is 9.28. The standard InChI is InChI=1S/C18H29N8O17P3S/c19-7(1-2-9(27)28)14(30)21-3-4-22-18(31)41-12-11(29)8(5-39-45(35,36)43-46(37,38)42-44(32,33)34)40-16(12)26-6-23-10-13(26)24-17(20)25-15(10)47/h6-8,11-12,16,29H,1-5,19H2,(H,21,30)(H,22,31)(H,27,28)(H,35,36)(H,37,38)(H2,32,33,34)(H3,20,24,25,47)/p-3/t7?,8-,11?,12+,16-/m1/s1. The molecule has 2 amide bonds. The molecule has 10 N–H and O–H groups in total. The molecule has 0 saturated carbocycles. The molecule has 25 nitrogen and oxygen atoms in total. The van der Waals surface area contributed by atoms with E-state index in [1.54, 1.807) is 0 Å². The van der Waals surface area contributed by atoms with Crippen LogP contribution in [0.5, 0.6) is 0 Å². The number of carbonyl (C=O) groups is 3. The molecule has 2 aromatic heterocycles. The summed E-state index contributed by atoms with van der Waals surface area (Å²) in [6, 6.07) is -1.13. The quantitative estimate of drug-likeness (QED) is 0.0463. The zero-order chi connectivity index (χ0) is 35.3. The molecule has 0 spiro atoms. The Balaban J connectivity index is 1.72. The van der Waals surface area contributed by atoms with Crippen molar-refractivity contribution in [3.8, 4) is 0 Å². The van der Waals surface area contributed by atoms with Crippen LogP contribution in [0.2, 0.25) is 0 Å². The predicted octanol–water partition coefficient (Wildman–Crippen LogP) is -3.82. The molecule has 1 aliphatic heterocycles. The second-order valence-corrected chi connectivity index (χ2v) is 14.0. The molecule has 8 atom stereocenters. The first-order valence-electron chi connectivity index (χ1n) is 12.7. The van der Waals surface area contributed by atoms with Gasteiger partial charge in [-0.2, -0.15) is 0 Å². The number of nitrogen functional groups attached to an aromatic ring is 1. The van der Waals surface area contributed by atoms with Crippen LogP contribution in [-0.2, 0) is 45.9 Å². The van der Waals surface area contributed by atoms with Crippen molar-refractivity contribution in [3.05, 3.63) is 11.0 Å². The predicted molar refractivity (Wildman–Crippen MR) is 146 cm³/mol. The van der Waals surface area contributed by atoms with E-state index in [-0.39, 0.29) is 47.7 Å². The summed E-state index contributed by atoms with van der Waals surface area (Å²) in [4.78, 5) is 88.4. The molecule has 5 unspecified atom stereocenters. The van der Waals surface area contributed by atoms with Crippen LogP contribution in [0.15, 0.2) is 6.33 Å². The third-order valence-corrected chi connectivity index (χ3v) is 9.77. The molecule has 3 rings (SSSR count). The van der Waals surface area contributed by atoms with Crippen LogP contribution in [0.3, 0.4) is 0 Å². The van der Waals surface area contributed by atoms with Gasteiger partial charge in [0.2, 0.25) is 5.91 Å². The Kier molecular flexibility index (Phi) is 12.7. The second kappa shape index (κ2) is 15.5. The third-order valence-electron chi connectivity index (χ3n) is 5.79. The van der Waals surface area contributed by atoms with Crippen LogP contribution in [0.4, 0.5) is 10.7 Å². The Morgan fingerprint density at radius 2 is 1.83 bits per heavy atom. The molecular formula is C18H26N8O17P3S-3. The van der Waals surface area contributed by atoms with Crippen LogP contribution in [-0.4, -0.2) is 96.6 Å². The molecule has 2 aromatic rings. The number of aromatic amines is 1. The maximum absolute atomic E-state index is 12.6. The molecule has 1 aliphatic rings. The Morgan fingerprint density at radius 1 is 1.17 bits per heavy atom. The number of amides is 2. The van der Waals surface area contributed by atoms with Gasteiger partial charge in [-0.15, -0.1) is 0 Å². The van der Waals surface area contributed by atoms with Gasteiger partial charge in [0.25, 0.3) is 23.5 Å². The number of carbonyl (C=O) groups excluding carboxylic acids is 2. The van der Waals surface area contributed by atoms with Gasteiger partial charge >= 0.3 is 12.1 Å². The number of carboxylic acids is 1. The van der Waals surface area contributed by atoms with Gasteiger partial charge in [0.05, 0.1) is 19.0 Å². The van der Waals surface area contributed by atoms with Crippen molar-refractivity contribution in [3.63, 3.8) is 0 Å². The average Bonchev–Trinajstić information content (AvgIpc) is 3.47. The molecular weight excluding hydrogens is 725 g/mol. The number of aromatic nitrogens is 4. The lowest BCUT2D eigenvalue weighted by molar-refractivity contribution is -0.250. The maximum atomic E-state index is 12.6. The highest BCUT2D eigenvalue weighted by atomic mass is 32.1. The minimum Gasteiger partial charge on any atom is -0.756 e. The number of aliphatic hydroxyl groups is 1. The van der Waals surface area contributed by atoms with Gasteiger partial charge in [0.1, 0.15) is 23.4 Å². The van der Waals surface area contributed by atoms with Crippen molar-refractivity contribution in [1.29, 1.82) is 0 Å². The lowest BCUT2D eigenvalue weighted by Gasteiger charge is -2.33. The van der Waals surface area contributed by atoms with E-state index in [9.17, 15) is 47.9 Å². The number of H-pyrrole nitrogens is 1. The summed E-state index contributed by atoms with van der Waals surface area (Å²) in [5.74, 6) is -2.02. The van der Waals surface area contributed by atoms with Crippen LogP contribution >= 0.6 is 35.7 Å². The van der Waals surface area contributed by atoms with Gasteiger partial charge in [-0.1, -0.05) is 12.2 Å². The van der Waals surface area contributed by atoms with E-state index in [0.717, 1.165) is 10.9 Å². The first kappa shape index (κ1) is 38.5. The molecule has 47 heavy (non-hydrogen) atoms. The van der Waals surface area contributed by atoms with E-state index in [4.69, 9.17) is 43.2 Å². The van der Waals surface area contributed by atoms with Crippen molar-refractivity contribution in [2.24, 2.45) is 5.73 Å². The highest BCUT2D eigenvalue weighted by Crippen LogP contribution is 2.61. The van der Waals surface area contributed by atoms with Crippen molar-refractivity contribution >= 4 is 70.8 Å². The Morgan fingerprint density at radius 3 is 2.47 bits per heavy atom. The van der Waals surface area contributed by atoms with E-state index in [0.29, 0.717) is 0 Å². The van der Waals surface area contributed by atoms with E-state index >= 15 is 0 Å². The number of aliphatic hydroxyl groups excluding tert-OH is 1. The molecule has 0 aliphatic carbocycles. The smallest absolute Gasteiger partial charge is 0.407 e. The summed E-state index contributed by atoms with van der Waals surface area (Å²) in [6.45, 7) is -1.65. The number of phosphoric ester groups is 1. The molecule has 264 valence electrons.